The van der Waals surface area contributed by atoms with E-state index >= 15 is 0 Å². The number of methoxy groups -OCH3 is 2. The number of morpholine rings is 1. The van der Waals surface area contributed by atoms with Gasteiger partial charge in [-0.15, -0.1) is 0 Å². The first-order chi connectivity index (χ1) is 19.4. The Hall–Kier alpha value is -4.16. The van der Waals surface area contributed by atoms with Crippen LogP contribution in [0, 0.1) is 0 Å². The maximum Gasteiger partial charge on any atom is 0.260 e. The summed E-state index contributed by atoms with van der Waals surface area (Å²) >= 11 is 0. The quantitative estimate of drug-likeness (QED) is 0.439. The lowest BCUT2D eigenvalue weighted by atomic mass is 10.1. The third-order valence-corrected chi connectivity index (χ3v) is 7.16. The molecule has 2 saturated heterocycles. The van der Waals surface area contributed by atoms with Crippen molar-refractivity contribution in [2.45, 2.75) is 0 Å². The fourth-order valence-corrected chi connectivity index (χ4v) is 4.81. The average molecular weight is 551 g/mol. The normalized spacial score (nSPS) is 16.2. The summed E-state index contributed by atoms with van der Waals surface area (Å²) in [7, 11) is 5.12. The zero-order chi connectivity index (χ0) is 28.2. The first-order valence-corrected chi connectivity index (χ1v) is 13.2. The van der Waals surface area contributed by atoms with E-state index in [9.17, 15) is 9.59 Å². The summed E-state index contributed by atoms with van der Waals surface area (Å²) in [5, 5.41) is 0.762. The lowest BCUT2D eigenvalue weighted by Crippen LogP contribution is -2.48. The Labute approximate surface area is 232 Å². The predicted molar refractivity (Wildman–Crippen MR) is 149 cm³/mol. The number of amides is 2. The molecule has 2 N–H and O–H groups in total. The molecule has 1 aromatic heterocycles. The first kappa shape index (κ1) is 27.4. The van der Waals surface area contributed by atoms with E-state index in [-0.39, 0.29) is 18.1 Å². The van der Waals surface area contributed by atoms with Crippen LogP contribution in [0.5, 0.6) is 17.2 Å². The van der Waals surface area contributed by atoms with E-state index in [0.717, 1.165) is 18.5 Å². The summed E-state index contributed by atoms with van der Waals surface area (Å²) in [4.78, 5) is 40.7. The second-order valence-corrected chi connectivity index (χ2v) is 9.78. The van der Waals surface area contributed by atoms with Gasteiger partial charge in [0.25, 0.3) is 5.91 Å². The van der Waals surface area contributed by atoms with Gasteiger partial charge >= 0.3 is 0 Å². The Morgan fingerprint density at radius 1 is 0.925 bits per heavy atom. The standard InChI is InChI=1S/C28H34N6O6/c1-32-4-6-33(7-5-32)25(35)17-40-24-16-22-21(15-23(24)38-3)28(34-8-10-39-11-9-34)31-27(30-22)19-12-18(26(29)36)13-20(14-19)37-2/h12-16H,4-11,17H2,1-3H3,(H2,29,36). The van der Waals surface area contributed by atoms with Crippen molar-refractivity contribution in [3.05, 3.63) is 35.9 Å². The lowest BCUT2D eigenvalue weighted by Gasteiger charge is -2.32. The van der Waals surface area contributed by atoms with Crippen LogP contribution >= 0.6 is 0 Å². The van der Waals surface area contributed by atoms with Crippen LogP contribution in [0.4, 0.5) is 5.82 Å². The molecular weight excluding hydrogens is 516 g/mol. The van der Waals surface area contributed by atoms with Crippen molar-refractivity contribution in [1.29, 1.82) is 0 Å². The van der Waals surface area contributed by atoms with Crippen molar-refractivity contribution in [2.24, 2.45) is 5.73 Å². The summed E-state index contributed by atoms with van der Waals surface area (Å²) in [6.45, 7) is 5.32. The Kier molecular flexibility index (Phi) is 8.17. The number of likely N-dealkylation sites (N-methyl/N-ethyl adjacent to an activating group) is 1. The molecule has 12 nitrogen and oxygen atoms in total. The van der Waals surface area contributed by atoms with Gasteiger partial charge in [-0.3, -0.25) is 9.59 Å². The SMILES string of the molecule is COc1cc(C(N)=O)cc(-c2nc(N3CCOCC3)c3cc(OC)c(OCC(=O)N4CCN(C)CC4)cc3n2)c1. The van der Waals surface area contributed by atoms with E-state index in [1.54, 1.807) is 31.4 Å². The highest BCUT2D eigenvalue weighted by Gasteiger charge is 2.23. The number of hydrogen-bond acceptors (Lipinski definition) is 10. The van der Waals surface area contributed by atoms with Crippen molar-refractivity contribution in [1.82, 2.24) is 19.8 Å². The minimum Gasteiger partial charge on any atom is -0.497 e. The molecule has 2 aliphatic rings. The number of piperazine rings is 1. The van der Waals surface area contributed by atoms with E-state index in [2.05, 4.69) is 9.80 Å². The zero-order valence-electron chi connectivity index (χ0n) is 23.0. The van der Waals surface area contributed by atoms with E-state index < -0.39 is 5.91 Å². The number of aromatic nitrogens is 2. The monoisotopic (exact) mass is 550 g/mol. The fraction of sp³-hybridized carbons (Fsp3) is 0.429. The van der Waals surface area contributed by atoms with E-state index in [1.807, 2.05) is 18.0 Å². The fourth-order valence-electron chi connectivity index (χ4n) is 4.81. The van der Waals surface area contributed by atoms with Crippen LogP contribution in [-0.4, -0.2) is 112 Å². The summed E-state index contributed by atoms with van der Waals surface area (Å²) in [6, 6.07) is 8.57. The largest absolute Gasteiger partial charge is 0.497 e. The van der Waals surface area contributed by atoms with E-state index in [4.69, 9.17) is 34.6 Å². The van der Waals surface area contributed by atoms with Gasteiger partial charge in [0.05, 0.1) is 33.0 Å². The van der Waals surface area contributed by atoms with Crippen molar-refractivity contribution in [3.63, 3.8) is 0 Å². The van der Waals surface area contributed by atoms with Gasteiger partial charge in [-0.2, -0.15) is 0 Å². The second kappa shape index (κ2) is 11.9. The number of nitrogens with two attached hydrogens (primary N) is 1. The first-order valence-electron chi connectivity index (χ1n) is 13.2. The van der Waals surface area contributed by atoms with Gasteiger partial charge in [-0.25, -0.2) is 9.97 Å². The van der Waals surface area contributed by atoms with Crippen LogP contribution < -0.4 is 24.8 Å². The highest BCUT2D eigenvalue weighted by atomic mass is 16.5. The van der Waals surface area contributed by atoms with Crippen LogP contribution in [0.1, 0.15) is 10.4 Å². The van der Waals surface area contributed by atoms with Crippen molar-refractivity contribution in [3.8, 4) is 28.6 Å². The van der Waals surface area contributed by atoms with Gasteiger partial charge in [0.1, 0.15) is 11.6 Å². The average Bonchev–Trinajstić information content (AvgIpc) is 2.99. The molecule has 0 bridgehead atoms. The summed E-state index contributed by atoms with van der Waals surface area (Å²) < 4.78 is 22.6. The van der Waals surface area contributed by atoms with Crippen LogP contribution in [0.2, 0.25) is 0 Å². The topological polar surface area (TPSA) is 133 Å². The summed E-state index contributed by atoms with van der Waals surface area (Å²) in [5.74, 6) is 1.76. The van der Waals surface area contributed by atoms with Crippen molar-refractivity contribution >= 4 is 28.5 Å². The molecule has 0 radical (unpaired) electrons. The van der Waals surface area contributed by atoms with Crippen LogP contribution in [0.15, 0.2) is 30.3 Å². The molecule has 212 valence electrons. The number of rotatable bonds is 8. The Bertz CT molecular complexity index is 1400. The highest BCUT2D eigenvalue weighted by Crippen LogP contribution is 2.37. The van der Waals surface area contributed by atoms with Crippen LogP contribution in [0.3, 0.4) is 0 Å². The van der Waals surface area contributed by atoms with Crippen molar-refractivity contribution in [2.75, 3.05) is 85.3 Å². The maximum atomic E-state index is 12.8. The smallest absolute Gasteiger partial charge is 0.260 e. The number of nitrogens with zero attached hydrogens (tertiary/aromatic N) is 5. The number of primary amides is 1. The third kappa shape index (κ3) is 5.87. The number of fused-ring (bicyclic) bond motifs is 1. The van der Waals surface area contributed by atoms with Gasteiger partial charge in [-0.1, -0.05) is 0 Å². The molecule has 0 spiro atoms. The third-order valence-electron chi connectivity index (χ3n) is 7.16. The highest BCUT2D eigenvalue weighted by molar-refractivity contribution is 5.96. The molecule has 3 aromatic rings. The second-order valence-electron chi connectivity index (χ2n) is 9.78. The molecule has 40 heavy (non-hydrogen) atoms. The summed E-state index contributed by atoms with van der Waals surface area (Å²) in [6.07, 6.45) is 0. The van der Waals surface area contributed by atoms with Gasteiger partial charge in [0, 0.05) is 61.8 Å². The minimum atomic E-state index is -0.584. The van der Waals surface area contributed by atoms with Crippen LogP contribution in [-0.2, 0) is 9.53 Å². The number of ether oxygens (including phenoxy) is 4. The van der Waals surface area contributed by atoms with E-state index in [1.165, 1.54) is 7.11 Å². The van der Waals surface area contributed by atoms with Crippen molar-refractivity contribution < 1.29 is 28.5 Å². The van der Waals surface area contributed by atoms with Gasteiger partial charge in [0.15, 0.2) is 23.9 Å². The Morgan fingerprint density at radius 2 is 1.68 bits per heavy atom. The van der Waals surface area contributed by atoms with Gasteiger partial charge in [0.2, 0.25) is 5.91 Å². The molecule has 3 heterocycles. The number of benzene rings is 2. The molecule has 2 aliphatic heterocycles. The van der Waals surface area contributed by atoms with Gasteiger partial charge < -0.3 is 39.4 Å². The lowest BCUT2D eigenvalue weighted by molar-refractivity contribution is -0.134. The molecule has 0 aliphatic carbocycles. The number of anilines is 1. The minimum absolute atomic E-state index is 0.0806. The molecular formula is C28H34N6O6. The molecule has 0 unspecified atom stereocenters. The molecule has 2 aromatic carbocycles. The number of carbonyl (C=O) groups is 2. The molecule has 5 rings (SSSR count). The Morgan fingerprint density at radius 3 is 2.35 bits per heavy atom. The molecule has 0 saturated carbocycles. The molecule has 2 amide bonds. The maximum absolute atomic E-state index is 12.8. The number of hydrogen-bond donors (Lipinski definition) is 1. The van der Waals surface area contributed by atoms with E-state index in [0.29, 0.717) is 79.4 Å². The Balaban J connectivity index is 1.55. The molecule has 0 atom stereocenters. The van der Waals surface area contributed by atoms with Gasteiger partial charge in [-0.05, 0) is 31.3 Å². The predicted octanol–water partition coefficient (Wildman–Crippen LogP) is 1.40. The molecule has 2 fully saturated rings. The summed E-state index contributed by atoms with van der Waals surface area (Å²) in [5.41, 5.74) is 7.03. The zero-order valence-corrected chi connectivity index (χ0v) is 23.0. The number of carbonyl (C=O) groups excluding carboxylic acids is 2. The molecule has 12 heteroatoms. The van der Waals surface area contributed by atoms with Crippen LogP contribution in [0.25, 0.3) is 22.3 Å².